The summed E-state index contributed by atoms with van der Waals surface area (Å²) in [5, 5.41) is 0. The lowest BCUT2D eigenvalue weighted by Crippen LogP contribution is -2.26. The summed E-state index contributed by atoms with van der Waals surface area (Å²) in [5.74, 6) is 4.04. The van der Waals surface area contributed by atoms with Crippen LogP contribution in [0, 0.1) is 17.8 Å². The molecule has 0 amide bonds. The van der Waals surface area contributed by atoms with Crippen LogP contribution in [0.1, 0.15) is 380 Å². The van der Waals surface area contributed by atoms with Crippen molar-refractivity contribution in [3.05, 3.63) is 124 Å². The van der Waals surface area contributed by atoms with Crippen LogP contribution in [0.4, 0.5) is 0 Å². The van der Waals surface area contributed by atoms with Crippen LogP contribution in [-0.4, -0.2) is 76.9 Å². The van der Waals surface area contributed by atoms with Gasteiger partial charge in [0.25, 0.3) is 0 Å². The van der Waals surface area contributed by atoms with Crippen molar-refractivity contribution in [3.63, 3.8) is 0 Å². The number of unbranched alkanes of at least 4 members (excludes halogenated alkanes) is 27. The average Bonchev–Trinajstić information content (AvgIpc) is 0.870. The van der Waals surface area contributed by atoms with Crippen molar-refractivity contribution in [2.75, 3.05) is 52.9 Å². The Kier molecular flexibility index (Phi) is 48.5. The van der Waals surface area contributed by atoms with Gasteiger partial charge in [-0.25, -0.2) is 14.4 Å². The van der Waals surface area contributed by atoms with Crippen molar-refractivity contribution in [3.8, 4) is 0 Å². The summed E-state index contributed by atoms with van der Waals surface area (Å²) < 4.78 is 35.4. The Morgan fingerprint density at radius 2 is 0.549 bits per heavy atom. The molecule has 0 aromatic heterocycles. The van der Waals surface area contributed by atoms with Gasteiger partial charge in [0.2, 0.25) is 0 Å². The quantitative estimate of drug-likeness (QED) is 0.0236. The molecule has 0 saturated heterocycles. The maximum absolute atomic E-state index is 12.5. The third kappa shape index (κ3) is 40.6. The zero-order valence-electron chi connectivity index (χ0n) is 65.2. The van der Waals surface area contributed by atoms with Gasteiger partial charge in [-0.05, 0) is 203 Å². The number of ether oxygens (including phenoxy) is 6. The Labute approximate surface area is 623 Å². The normalized spacial score (nSPS) is 19.1. The van der Waals surface area contributed by atoms with Gasteiger partial charge in [-0.1, -0.05) is 286 Å². The summed E-state index contributed by atoms with van der Waals surface area (Å²) in [6.07, 6.45) is 69.8. The minimum atomic E-state index is -0.254. The van der Waals surface area contributed by atoms with Crippen molar-refractivity contribution in [2.45, 2.75) is 353 Å². The van der Waals surface area contributed by atoms with Gasteiger partial charge in [-0.15, -0.1) is 0 Å². The lowest BCUT2D eigenvalue weighted by Gasteiger charge is -2.29. The molecule has 0 atom stereocenters. The van der Waals surface area contributed by atoms with E-state index in [2.05, 4.69) is 93.6 Å². The Hall–Kier alpha value is -4.83. The molecule has 9 nitrogen and oxygen atoms in total. The Morgan fingerprint density at radius 3 is 0.814 bits per heavy atom. The molecule has 572 valence electrons. The standard InChI is InChI=1S/C93H146O9/c1-4-7-28-37-78-40-55-84(56-41-78)87-61-46-81(47-62-87)52-67-91(94)100-73-34-25-19-12-10-16-22-31-70-97-76-90(99-72-33-24-18-14-15-21-27-36-75-102-93(96)69-54-83-50-65-89(66-51-83)86-59-44-80(45-60-86)39-30-9-6-3)77-98-71-32-23-17-11-13-20-26-35-74-101-92(95)68-53-82-48-63-88(64-49-82)85-57-42-79(43-58-85)38-29-8-5-2/h46-54,61-69,78-80,84-86,90H,4-45,55-60,70-77H2,1-3H3/t78-,79-,80-,84-,85-,86-,90?. The van der Waals surface area contributed by atoms with Gasteiger partial charge < -0.3 is 28.4 Å². The van der Waals surface area contributed by atoms with E-state index < -0.39 is 0 Å². The first-order chi connectivity index (χ1) is 50.3. The van der Waals surface area contributed by atoms with Crippen LogP contribution in [0.2, 0.25) is 0 Å². The molecule has 3 aromatic rings. The first-order valence-corrected chi connectivity index (χ1v) is 42.9. The van der Waals surface area contributed by atoms with E-state index in [-0.39, 0.29) is 24.0 Å². The number of hydrogen-bond acceptors (Lipinski definition) is 9. The van der Waals surface area contributed by atoms with Gasteiger partial charge >= 0.3 is 17.9 Å². The van der Waals surface area contributed by atoms with Crippen molar-refractivity contribution >= 4 is 36.1 Å². The van der Waals surface area contributed by atoms with Gasteiger partial charge in [0.15, 0.2) is 0 Å². The summed E-state index contributed by atoms with van der Waals surface area (Å²) in [4.78, 5) is 37.4. The van der Waals surface area contributed by atoms with Gasteiger partial charge in [0.1, 0.15) is 6.10 Å². The molecule has 0 radical (unpaired) electrons. The third-order valence-corrected chi connectivity index (χ3v) is 22.7. The van der Waals surface area contributed by atoms with Crippen molar-refractivity contribution < 1.29 is 42.8 Å². The highest BCUT2D eigenvalue weighted by molar-refractivity contribution is 5.88. The molecule has 0 N–H and O–H groups in total. The van der Waals surface area contributed by atoms with Crippen LogP contribution < -0.4 is 0 Å². The van der Waals surface area contributed by atoms with E-state index in [1.165, 1.54) is 254 Å². The fourth-order valence-corrected chi connectivity index (χ4v) is 16.0. The number of hydrogen-bond donors (Lipinski definition) is 0. The predicted octanol–water partition coefficient (Wildman–Crippen LogP) is 26.1. The smallest absolute Gasteiger partial charge is 0.330 e. The second-order valence-electron chi connectivity index (χ2n) is 31.3. The van der Waals surface area contributed by atoms with Crippen LogP contribution in [0.15, 0.2) is 91.0 Å². The number of carbonyl (C=O) groups excluding carboxylic acids is 3. The van der Waals surface area contributed by atoms with E-state index in [0.29, 0.717) is 50.8 Å². The Balaban J connectivity index is 0.752. The Morgan fingerprint density at radius 1 is 0.304 bits per heavy atom. The van der Waals surface area contributed by atoms with Gasteiger partial charge in [0.05, 0.1) is 33.0 Å². The predicted molar refractivity (Wildman–Crippen MR) is 428 cm³/mol. The van der Waals surface area contributed by atoms with Gasteiger partial charge in [0, 0.05) is 38.0 Å². The molecule has 3 aliphatic carbocycles. The minimum Gasteiger partial charge on any atom is -0.463 e. The Bertz CT molecular complexity index is 2490. The first kappa shape index (κ1) is 86.1. The minimum absolute atomic E-state index is 0.0562. The SMILES string of the molecule is CCCCC[C@H]1CC[C@H](c2ccc(C=CC(=O)OCCCCCCCCCCOCC(COCCCCCCCCCCOC(=O)C=Cc3ccc([C@H]4CC[C@H](CCCCC)CC4)cc3)OCCCCCCCCCCOC(=O)C=Cc3ccc([C@H]4CC[C@H](CCCCC)CC4)cc3)cc2)CC1. The molecule has 0 bridgehead atoms. The molecular formula is C93H146O9. The molecule has 9 heteroatoms. The van der Waals surface area contributed by atoms with E-state index >= 15 is 0 Å². The summed E-state index contributed by atoms with van der Waals surface area (Å²) >= 11 is 0. The highest BCUT2D eigenvalue weighted by Crippen LogP contribution is 2.41. The van der Waals surface area contributed by atoms with Crippen LogP contribution in [0.25, 0.3) is 18.2 Å². The number of rotatable bonds is 59. The average molecular weight is 1410 g/mol. The third-order valence-electron chi connectivity index (χ3n) is 22.7. The number of carbonyl (C=O) groups is 3. The lowest BCUT2D eigenvalue weighted by atomic mass is 9.77. The van der Waals surface area contributed by atoms with Crippen molar-refractivity contribution in [1.29, 1.82) is 0 Å². The lowest BCUT2D eigenvalue weighted by molar-refractivity contribution is -0.138. The molecule has 3 aromatic carbocycles. The molecule has 3 aliphatic rings. The second-order valence-corrected chi connectivity index (χ2v) is 31.3. The van der Waals surface area contributed by atoms with Crippen LogP contribution in [0.5, 0.6) is 0 Å². The summed E-state index contributed by atoms with van der Waals surface area (Å²) in [5.41, 5.74) is 7.50. The van der Waals surface area contributed by atoms with E-state index in [0.717, 1.165) is 125 Å². The maximum atomic E-state index is 12.5. The van der Waals surface area contributed by atoms with E-state index in [1.54, 1.807) is 18.2 Å². The zero-order valence-corrected chi connectivity index (χ0v) is 65.2. The molecule has 0 spiro atoms. The summed E-state index contributed by atoms with van der Waals surface area (Å²) in [6.45, 7) is 11.7. The summed E-state index contributed by atoms with van der Waals surface area (Å²) in [6, 6.07) is 26.5. The fourth-order valence-electron chi connectivity index (χ4n) is 16.0. The van der Waals surface area contributed by atoms with Crippen LogP contribution >= 0.6 is 0 Å². The molecular weight excluding hydrogens is 1260 g/mol. The fraction of sp³-hybridized carbons (Fsp3) is 0.710. The monoisotopic (exact) mass is 1410 g/mol. The van der Waals surface area contributed by atoms with Crippen LogP contribution in [0.3, 0.4) is 0 Å². The topological polar surface area (TPSA) is 107 Å². The largest absolute Gasteiger partial charge is 0.463 e. The molecule has 0 aliphatic heterocycles. The van der Waals surface area contributed by atoms with Gasteiger partial charge in [-0.3, -0.25) is 0 Å². The van der Waals surface area contributed by atoms with E-state index in [1.807, 2.05) is 18.2 Å². The van der Waals surface area contributed by atoms with Gasteiger partial charge in [-0.2, -0.15) is 0 Å². The highest BCUT2D eigenvalue weighted by atomic mass is 16.6. The molecule has 3 fully saturated rings. The molecule has 6 rings (SSSR count). The summed E-state index contributed by atoms with van der Waals surface area (Å²) in [7, 11) is 0. The highest BCUT2D eigenvalue weighted by Gasteiger charge is 2.25. The van der Waals surface area contributed by atoms with Crippen molar-refractivity contribution in [2.24, 2.45) is 17.8 Å². The van der Waals surface area contributed by atoms with E-state index in [4.69, 9.17) is 28.4 Å². The number of esters is 3. The maximum Gasteiger partial charge on any atom is 0.330 e. The van der Waals surface area contributed by atoms with E-state index in [9.17, 15) is 14.4 Å². The zero-order chi connectivity index (χ0) is 71.8. The van der Waals surface area contributed by atoms with Crippen molar-refractivity contribution in [1.82, 2.24) is 0 Å². The molecule has 0 unspecified atom stereocenters. The molecule has 0 heterocycles. The first-order valence-electron chi connectivity index (χ1n) is 42.9. The number of benzene rings is 3. The van der Waals surface area contributed by atoms with Crippen LogP contribution in [-0.2, 0) is 42.8 Å². The second kappa shape index (κ2) is 57.4. The molecule has 102 heavy (non-hydrogen) atoms. The molecule has 3 saturated carbocycles.